The molecule has 2 amide bonds. The summed E-state index contributed by atoms with van der Waals surface area (Å²) >= 11 is 3.18. The number of nitrogens with one attached hydrogen (secondary N) is 2. The first-order valence-electron chi connectivity index (χ1n) is 8.43. The van der Waals surface area contributed by atoms with Gasteiger partial charge in [-0.15, -0.1) is 22.7 Å². The summed E-state index contributed by atoms with van der Waals surface area (Å²) < 4.78 is 5.36. The van der Waals surface area contributed by atoms with E-state index in [1.807, 2.05) is 41.9 Å². The lowest BCUT2D eigenvalue weighted by Crippen LogP contribution is -2.29. The highest BCUT2D eigenvalue weighted by Crippen LogP contribution is 2.31. The summed E-state index contributed by atoms with van der Waals surface area (Å²) in [5.41, 5.74) is 2.29. The molecule has 3 aromatic rings. The molecule has 0 saturated carbocycles. The molecule has 0 unspecified atom stereocenters. The number of carbonyl (C=O) groups is 2. The summed E-state index contributed by atoms with van der Waals surface area (Å²) in [5, 5.41) is 10.6. The van der Waals surface area contributed by atoms with Gasteiger partial charge in [0.05, 0.1) is 28.7 Å². The number of thiophene rings is 1. The van der Waals surface area contributed by atoms with Crippen molar-refractivity contribution in [3.05, 3.63) is 52.3 Å². The predicted octanol–water partition coefficient (Wildman–Crippen LogP) is 3.62. The fourth-order valence-electron chi connectivity index (χ4n) is 2.81. The van der Waals surface area contributed by atoms with Gasteiger partial charge in [-0.25, -0.2) is 4.98 Å². The summed E-state index contributed by atoms with van der Waals surface area (Å²) in [6, 6.07) is 9.33. The van der Waals surface area contributed by atoms with Gasteiger partial charge in [0.1, 0.15) is 10.8 Å². The van der Waals surface area contributed by atoms with Crippen LogP contribution >= 0.6 is 22.7 Å². The lowest BCUT2D eigenvalue weighted by Gasteiger charge is -2.21. The summed E-state index contributed by atoms with van der Waals surface area (Å²) in [5.74, 6) is 0.366. The van der Waals surface area contributed by atoms with Crippen molar-refractivity contribution in [1.82, 2.24) is 10.3 Å². The summed E-state index contributed by atoms with van der Waals surface area (Å²) in [6.45, 7) is 1.93. The van der Waals surface area contributed by atoms with Crippen molar-refractivity contribution in [2.24, 2.45) is 0 Å². The van der Waals surface area contributed by atoms with E-state index in [1.165, 1.54) is 0 Å². The molecule has 1 atom stereocenters. The van der Waals surface area contributed by atoms with Crippen molar-refractivity contribution in [2.45, 2.75) is 19.4 Å². The van der Waals surface area contributed by atoms with Crippen molar-refractivity contribution >= 4 is 40.2 Å². The molecule has 0 fully saturated rings. The maximum atomic E-state index is 12.4. The van der Waals surface area contributed by atoms with Gasteiger partial charge in [0, 0.05) is 5.38 Å². The van der Waals surface area contributed by atoms with Crippen LogP contribution in [0.3, 0.4) is 0 Å². The molecular weight excluding hydrogens is 382 g/mol. The predicted molar refractivity (Wildman–Crippen MR) is 106 cm³/mol. The molecular formula is C19H17N3O3S2. The first-order valence-corrected chi connectivity index (χ1v) is 10.2. The zero-order valence-electron chi connectivity index (χ0n) is 14.5. The van der Waals surface area contributed by atoms with Gasteiger partial charge in [-0.3, -0.25) is 9.59 Å². The van der Waals surface area contributed by atoms with Crippen LogP contribution in [0.4, 0.5) is 5.69 Å². The minimum atomic E-state index is -0.197. The molecule has 1 aliphatic heterocycles. The molecule has 27 heavy (non-hydrogen) atoms. The second kappa shape index (κ2) is 7.50. The van der Waals surface area contributed by atoms with E-state index in [0.717, 1.165) is 21.1 Å². The number of nitrogens with zero attached hydrogens (tertiary/aromatic N) is 1. The van der Waals surface area contributed by atoms with Gasteiger partial charge in [0.2, 0.25) is 5.91 Å². The molecule has 0 spiro atoms. The van der Waals surface area contributed by atoms with Crippen LogP contribution in [0.15, 0.2) is 41.1 Å². The Morgan fingerprint density at radius 2 is 2.26 bits per heavy atom. The van der Waals surface area contributed by atoms with Crippen LogP contribution < -0.4 is 15.4 Å². The van der Waals surface area contributed by atoms with Crippen LogP contribution in [0.5, 0.6) is 5.75 Å². The van der Waals surface area contributed by atoms with Crippen LogP contribution in [0, 0.1) is 0 Å². The van der Waals surface area contributed by atoms with Gasteiger partial charge >= 0.3 is 0 Å². The fourth-order valence-corrected chi connectivity index (χ4v) is 4.45. The number of hydrogen-bond acceptors (Lipinski definition) is 6. The number of amides is 2. The third kappa shape index (κ3) is 4.01. The largest absolute Gasteiger partial charge is 0.482 e. The number of ether oxygens (including phenoxy) is 1. The number of thiazole rings is 1. The van der Waals surface area contributed by atoms with Crippen LogP contribution in [-0.4, -0.2) is 23.4 Å². The second-order valence-corrected chi connectivity index (χ2v) is 7.99. The zero-order valence-corrected chi connectivity index (χ0v) is 16.2. The van der Waals surface area contributed by atoms with Crippen molar-refractivity contribution in [1.29, 1.82) is 0 Å². The Balaban J connectivity index is 1.39. The molecule has 2 aromatic heterocycles. The van der Waals surface area contributed by atoms with E-state index >= 15 is 0 Å². The van der Waals surface area contributed by atoms with E-state index in [2.05, 4.69) is 15.6 Å². The van der Waals surface area contributed by atoms with Crippen LogP contribution in [0.25, 0.3) is 9.88 Å². The molecule has 6 nitrogen and oxygen atoms in total. The normalized spacial score (nSPS) is 14.0. The highest BCUT2D eigenvalue weighted by atomic mass is 32.1. The van der Waals surface area contributed by atoms with Crippen LogP contribution in [0.2, 0.25) is 0 Å². The Morgan fingerprint density at radius 1 is 1.37 bits per heavy atom. The first kappa shape index (κ1) is 17.7. The summed E-state index contributed by atoms with van der Waals surface area (Å²) in [7, 11) is 0. The average molecular weight is 399 g/mol. The Bertz CT molecular complexity index is 982. The monoisotopic (exact) mass is 399 g/mol. The third-order valence-corrected chi connectivity index (χ3v) is 6.07. The number of aromatic nitrogens is 1. The lowest BCUT2D eigenvalue weighted by atomic mass is 10.1. The highest BCUT2D eigenvalue weighted by molar-refractivity contribution is 7.20. The molecule has 3 heterocycles. The van der Waals surface area contributed by atoms with Crippen molar-refractivity contribution < 1.29 is 14.3 Å². The van der Waals surface area contributed by atoms with E-state index < -0.39 is 0 Å². The molecule has 0 radical (unpaired) electrons. The van der Waals surface area contributed by atoms with Gasteiger partial charge in [0.25, 0.3) is 5.91 Å². The molecule has 8 heteroatoms. The smallest absolute Gasteiger partial charge is 0.262 e. The topological polar surface area (TPSA) is 80.3 Å². The minimum absolute atomic E-state index is 0.0275. The molecule has 0 aliphatic carbocycles. The standard InChI is InChI=1S/C19H17N3O3S2/c1-11(12-4-5-15-14(7-12)22-18(24)9-25-15)20-17(23)8-13-10-27-19(21-13)16-3-2-6-26-16/h2-7,10-11H,8-9H2,1H3,(H,20,23)(H,22,24)/t11-/m1/s1. The van der Waals surface area contributed by atoms with Gasteiger partial charge in [-0.1, -0.05) is 12.1 Å². The van der Waals surface area contributed by atoms with Crippen molar-refractivity contribution in [3.8, 4) is 15.6 Å². The quantitative estimate of drug-likeness (QED) is 0.687. The van der Waals surface area contributed by atoms with Gasteiger partial charge in [-0.2, -0.15) is 0 Å². The maximum absolute atomic E-state index is 12.4. The highest BCUT2D eigenvalue weighted by Gasteiger charge is 2.18. The Morgan fingerprint density at radius 3 is 3.07 bits per heavy atom. The summed E-state index contributed by atoms with van der Waals surface area (Å²) in [4.78, 5) is 29.5. The average Bonchev–Trinajstić information content (AvgIpc) is 3.32. The van der Waals surface area contributed by atoms with Crippen LogP contribution in [0.1, 0.15) is 24.2 Å². The number of anilines is 1. The SMILES string of the molecule is C[C@@H](NC(=O)Cc1csc(-c2cccs2)n1)c1ccc2c(c1)NC(=O)CO2. The van der Waals surface area contributed by atoms with Gasteiger partial charge < -0.3 is 15.4 Å². The van der Waals surface area contributed by atoms with Crippen molar-refractivity contribution in [2.75, 3.05) is 11.9 Å². The molecule has 0 bridgehead atoms. The van der Waals surface area contributed by atoms with Crippen molar-refractivity contribution in [3.63, 3.8) is 0 Å². The zero-order chi connectivity index (χ0) is 18.8. The van der Waals surface area contributed by atoms with E-state index in [-0.39, 0.29) is 30.9 Å². The third-order valence-electron chi connectivity index (χ3n) is 4.14. The van der Waals surface area contributed by atoms with Crippen LogP contribution in [-0.2, 0) is 16.0 Å². The lowest BCUT2D eigenvalue weighted by molar-refractivity contribution is -0.121. The van der Waals surface area contributed by atoms with Gasteiger partial charge in [0.15, 0.2) is 6.61 Å². The Kier molecular flexibility index (Phi) is 4.91. The fraction of sp³-hybridized carbons (Fsp3) is 0.211. The van der Waals surface area contributed by atoms with E-state index in [1.54, 1.807) is 28.7 Å². The molecule has 1 aromatic carbocycles. The maximum Gasteiger partial charge on any atom is 0.262 e. The van der Waals surface area contributed by atoms with E-state index in [4.69, 9.17) is 4.74 Å². The summed E-state index contributed by atoms with van der Waals surface area (Å²) in [6.07, 6.45) is 0.233. The molecule has 4 rings (SSSR count). The van der Waals surface area contributed by atoms with E-state index in [0.29, 0.717) is 11.4 Å². The first-order chi connectivity index (χ1) is 13.1. The number of rotatable bonds is 5. The number of hydrogen-bond donors (Lipinski definition) is 2. The van der Waals surface area contributed by atoms with Gasteiger partial charge in [-0.05, 0) is 36.1 Å². The number of benzene rings is 1. The molecule has 0 saturated heterocycles. The second-order valence-electron chi connectivity index (χ2n) is 6.18. The molecule has 138 valence electrons. The Labute approximate surface area is 164 Å². The Hall–Kier alpha value is -2.71. The number of fused-ring (bicyclic) bond motifs is 1. The molecule has 2 N–H and O–H groups in total. The molecule has 1 aliphatic rings. The number of carbonyl (C=O) groups excluding carboxylic acids is 2. The van der Waals surface area contributed by atoms with E-state index in [9.17, 15) is 9.59 Å². The minimum Gasteiger partial charge on any atom is -0.482 e.